The summed E-state index contributed by atoms with van der Waals surface area (Å²) >= 11 is 0. The van der Waals surface area contributed by atoms with Crippen molar-refractivity contribution in [2.24, 2.45) is 0 Å². The molecule has 0 atom stereocenters. The van der Waals surface area contributed by atoms with Gasteiger partial charge in [-0.3, -0.25) is 0 Å². The summed E-state index contributed by atoms with van der Waals surface area (Å²) in [5.41, 5.74) is 0. The van der Waals surface area contributed by atoms with Gasteiger partial charge in [-0.05, 0) is 49.4 Å². The van der Waals surface area contributed by atoms with Crippen molar-refractivity contribution in [2.45, 2.75) is 133 Å². The first-order valence-corrected chi connectivity index (χ1v) is 12.2. The average molecular weight is 388 g/mol. The summed E-state index contributed by atoms with van der Waals surface area (Å²) in [5.74, 6) is 0. The third kappa shape index (κ3) is 5.22. The average Bonchev–Trinajstić information content (AvgIpc) is 2.60. The van der Waals surface area contributed by atoms with E-state index in [1.807, 2.05) is 0 Å². The molecule has 1 aliphatic rings. The van der Waals surface area contributed by atoms with Crippen LogP contribution in [0.3, 0.4) is 0 Å². The van der Waals surface area contributed by atoms with Gasteiger partial charge in [0.25, 0.3) is 27.9 Å². The number of nitrogens with zero attached hydrogens (tertiary/aromatic N) is 4. The molecular weight excluding hydrogens is 339 g/mol. The Labute approximate surface area is 179 Å². The lowest BCUT2D eigenvalue weighted by molar-refractivity contribution is 0.341. The first-order valence-electron chi connectivity index (χ1n) is 12.2. The van der Waals surface area contributed by atoms with Crippen molar-refractivity contribution < 1.29 is 0 Å². The highest BCUT2D eigenvalue weighted by Crippen LogP contribution is 2.30. The number of hydrogen-bond acceptors (Lipinski definition) is 4. The summed E-state index contributed by atoms with van der Waals surface area (Å²) in [6.07, 6.45) is 4.66. The standard InChI is InChI=1S/C20H48B4N4/c1-13-21-25(17(5)6)22(14-2)27(19(9)10)24(16-4)28(20(11)12)23(15-3)26(21)18(7)8/h17-20H,13-16H2,1-12H3. The van der Waals surface area contributed by atoms with Gasteiger partial charge in [-0.1, -0.05) is 83.1 Å². The molecule has 28 heavy (non-hydrogen) atoms. The summed E-state index contributed by atoms with van der Waals surface area (Å²) in [5, 5.41) is 0. The van der Waals surface area contributed by atoms with Crippen LogP contribution in [0.4, 0.5) is 0 Å². The van der Waals surface area contributed by atoms with Gasteiger partial charge in [-0.2, -0.15) is 0 Å². The molecule has 0 bridgehead atoms. The van der Waals surface area contributed by atoms with Crippen molar-refractivity contribution in [2.75, 3.05) is 0 Å². The van der Waals surface area contributed by atoms with E-state index in [9.17, 15) is 0 Å². The second-order valence-electron chi connectivity index (χ2n) is 9.72. The van der Waals surface area contributed by atoms with E-state index in [4.69, 9.17) is 0 Å². The minimum atomic E-state index is 0.468. The van der Waals surface area contributed by atoms with E-state index < -0.39 is 0 Å². The molecule has 1 saturated heterocycles. The van der Waals surface area contributed by atoms with Gasteiger partial charge in [0.15, 0.2) is 0 Å². The van der Waals surface area contributed by atoms with Gasteiger partial charge in [0.05, 0.1) is 0 Å². The molecular formula is C20H48B4N4. The second-order valence-corrected chi connectivity index (χ2v) is 9.72. The van der Waals surface area contributed by atoms with Crippen LogP contribution in [0.15, 0.2) is 0 Å². The largest absolute Gasteiger partial charge is 0.355 e. The molecule has 0 unspecified atom stereocenters. The Kier molecular flexibility index (Phi) is 10.7. The first kappa shape index (κ1) is 26.1. The minimum Gasteiger partial charge on any atom is -0.355 e. The topological polar surface area (TPSA) is 13.0 Å². The maximum atomic E-state index is 2.84. The molecule has 0 N–H and O–H groups in total. The van der Waals surface area contributed by atoms with Gasteiger partial charge in [-0.25, -0.2) is 0 Å². The van der Waals surface area contributed by atoms with Gasteiger partial charge in [0.1, 0.15) is 0 Å². The van der Waals surface area contributed by atoms with Crippen LogP contribution in [-0.4, -0.2) is 71.0 Å². The maximum Gasteiger partial charge on any atom is 0.290 e. The van der Waals surface area contributed by atoms with Crippen molar-refractivity contribution in [3.05, 3.63) is 0 Å². The van der Waals surface area contributed by atoms with E-state index in [-0.39, 0.29) is 0 Å². The summed E-state index contributed by atoms with van der Waals surface area (Å²) in [6.45, 7) is 30.6. The monoisotopic (exact) mass is 388 g/mol. The van der Waals surface area contributed by atoms with E-state index in [2.05, 4.69) is 102 Å². The van der Waals surface area contributed by atoms with Crippen molar-refractivity contribution in [3.8, 4) is 0 Å². The number of hydrogen-bond donors (Lipinski definition) is 0. The lowest BCUT2D eigenvalue weighted by atomic mass is 9.39. The molecule has 1 rings (SSSR count). The lowest BCUT2D eigenvalue weighted by Gasteiger charge is -2.58. The fourth-order valence-corrected chi connectivity index (χ4v) is 5.85. The molecule has 0 radical (unpaired) electrons. The molecule has 0 saturated carbocycles. The Hall–Kier alpha value is 0.0997. The molecule has 1 heterocycles. The molecule has 160 valence electrons. The molecule has 0 amide bonds. The van der Waals surface area contributed by atoms with Gasteiger partial charge < -0.3 is 18.9 Å². The van der Waals surface area contributed by atoms with Crippen molar-refractivity contribution in [3.63, 3.8) is 0 Å². The summed E-state index contributed by atoms with van der Waals surface area (Å²) in [4.78, 5) is 0. The SMILES string of the molecule is CCB1N(C(C)C)B(CC)N(C(C)C)B(CC)N(C(C)C)B(CC)N1C(C)C. The highest BCUT2D eigenvalue weighted by atomic mass is 15.3. The summed E-state index contributed by atoms with van der Waals surface area (Å²) in [6, 6.07) is 2.10. The molecule has 1 aliphatic heterocycles. The Morgan fingerprint density at radius 1 is 0.393 bits per heavy atom. The van der Waals surface area contributed by atoms with Crippen LogP contribution >= 0.6 is 0 Å². The summed E-state index contributed by atoms with van der Waals surface area (Å²) < 4.78 is 11.3. The Balaban J connectivity index is 3.77. The molecule has 8 heteroatoms. The number of rotatable bonds is 8. The van der Waals surface area contributed by atoms with E-state index in [0.717, 1.165) is 25.3 Å². The van der Waals surface area contributed by atoms with Crippen molar-refractivity contribution >= 4 is 27.9 Å². The molecule has 0 aromatic rings. The van der Waals surface area contributed by atoms with Gasteiger partial charge >= 0.3 is 0 Å². The van der Waals surface area contributed by atoms with Crippen LogP contribution in [0.2, 0.25) is 25.3 Å². The maximum absolute atomic E-state index is 2.84. The van der Waals surface area contributed by atoms with Crippen LogP contribution < -0.4 is 0 Å². The van der Waals surface area contributed by atoms with Crippen LogP contribution in [0, 0.1) is 0 Å². The van der Waals surface area contributed by atoms with E-state index in [1.165, 1.54) is 0 Å². The zero-order valence-corrected chi connectivity index (χ0v) is 21.2. The zero-order chi connectivity index (χ0) is 21.8. The Morgan fingerprint density at radius 3 is 0.607 bits per heavy atom. The van der Waals surface area contributed by atoms with Crippen LogP contribution in [0.1, 0.15) is 83.1 Å². The fourth-order valence-electron chi connectivity index (χ4n) is 5.85. The van der Waals surface area contributed by atoms with Crippen LogP contribution in [-0.2, 0) is 0 Å². The van der Waals surface area contributed by atoms with Crippen molar-refractivity contribution in [1.29, 1.82) is 0 Å². The second kappa shape index (κ2) is 11.5. The molecule has 1 fully saturated rings. The third-order valence-electron chi connectivity index (χ3n) is 6.60. The van der Waals surface area contributed by atoms with Crippen LogP contribution in [0.5, 0.6) is 0 Å². The van der Waals surface area contributed by atoms with Gasteiger partial charge in [0.2, 0.25) is 0 Å². The van der Waals surface area contributed by atoms with Crippen LogP contribution in [0.25, 0.3) is 0 Å². The summed E-state index contributed by atoms with van der Waals surface area (Å²) in [7, 11) is 0. The Bertz CT molecular complexity index is 354. The zero-order valence-electron chi connectivity index (χ0n) is 21.2. The smallest absolute Gasteiger partial charge is 0.290 e. The van der Waals surface area contributed by atoms with E-state index in [1.54, 1.807) is 0 Å². The van der Waals surface area contributed by atoms with Crippen molar-refractivity contribution in [1.82, 2.24) is 18.9 Å². The highest BCUT2D eigenvalue weighted by Gasteiger charge is 2.52. The van der Waals surface area contributed by atoms with Gasteiger partial charge in [-0.15, -0.1) is 0 Å². The molecule has 0 aromatic heterocycles. The van der Waals surface area contributed by atoms with E-state index in [0.29, 0.717) is 52.1 Å². The molecule has 4 nitrogen and oxygen atoms in total. The minimum absolute atomic E-state index is 0.468. The van der Waals surface area contributed by atoms with E-state index >= 15 is 0 Å². The third-order valence-corrected chi connectivity index (χ3v) is 6.60. The fraction of sp³-hybridized carbons (Fsp3) is 1.00. The van der Waals surface area contributed by atoms with Gasteiger partial charge in [0, 0.05) is 0 Å². The molecule has 0 aromatic carbocycles. The molecule has 0 aliphatic carbocycles. The Morgan fingerprint density at radius 2 is 0.536 bits per heavy atom. The molecule has 0 spiro atoms. The normalized spacial score (nSPS) is 19.7. The first-order chi connectivity index (χ1) is 13.1. The predicted octanol–water partition coefficient (Wildman–Crippen LogP) is 4.87. The lowest BCUT2D eigenvalue weighted by Crippen LogP contribution is -2.80. The predicted molar refractivity (Wildman–Crippen MR) is 133 cm³/mol. The quantitative estimate of drug-likeness (QED) is 0.550. The highest BCUT2D eigenvalue weighted by molar-refractivity contribution is 6.86.